The van der Waals surface area contributed by atoms with Crippen molar-refractivity contribution in [2.24, 2.45) is 0 Å². The van der Waals surface area contributed by atoms with Gasteiger partial charge in [-0.1, -0.05) is 12.1 Å². The molecule has 4 nitrogen and oxygen atoms in total. The van der Waals surface area contributed by atoms with E-state index in [0.29, 0.717) is 5.75 Å². The lowest BCUT2D eigenvalue weighted by Crippen LogP contribution is -2.31. The fraction of sp³-hybridized carbons (Fsp3) is 0.182. The molecule has 1 aliphatic rings. The smallest absolute Gasteiger partial charge is 0.129 e. The van der Waals surface area contributed by atoms with E-state index >= 15 is 0 Å². The van der Waals surface area contributed by atoms with Gasteiger partial charge in [0, 0.05) is 41.0 Å². The number of hydrogen-bond donors (Lipinski definition) is 1. The normalized spacial score (nSPS) is 17.1. The number of aromatic nitrogens is 2. The standard InChI is InChI=1S/C22H19N3OS/c1-25-11-18(14-2-5-21-15(10-14)7-9-27-21)16-3-4-17(22(26)19(16)12-25)20-6-8-23-13-24-20/h2-10,13,18,26H,11-12H2,1H3. The zero-order valence-electron chi connectivity index (χ0n) is 15.0. The minimum atomic E-state index is 0.244. The van der Waals surface area contributed by atoms with Gasteiger partial charge in [0.25, 0.3) is 0 Å². The Hall–Kier alpha value is -2.76. The number of likely N-dealkylation sites (N-methyl/N-ethyl adjacent to an activating group) is 1. The van der Waals surface area contributed by atoms with Crippen LogP contribution in [-0.4, -0.2) is 33.6 Å². The fourth-order valence-corrected chi connectivity index (χ4v) is 4.80. The number of thiophene rings is 1. The van der Waals surface area contributed by atoms with Crippen LogP contribution in [0.3, 0.4) is 0 Å². The molecule has 1 unspecified atom stereocenters. The molecule has 5 rings (SSSR count). The van der Waals surface area contributed by atoms with Crippen LogP contribution in [0.25, 0.3) is 21.3 Å². The van der Waals surface area contributed by atoms with Gasteiger partial charge in [0.05, 0.1) is 5.69 Å². The van der Waals surface area contributed by atoms with Gasteiger partial charge in [0.1, 0.15) is 12.1 Å². The zero-order chi connectivity index (χ0) is 18.4. The van der Waals surface area contributed by atoms with Crippen molar-refractivity contribution in [2.45, 2.75) is 12.5 Å². The summed E-state index contributed by atoms with van der Waals surface area (Å²) < 4.78 is 1.31. The Labute approximate surface area is 161 Å². The average Bonchev–Trinajstić information content (AvgIpc) is 3.17. The Morgan fingerprint density at radius 3 is 2.93 bits per heavy atom. The average molecular weight is 373 g/mol. The Morgan fingerprint density at radius 1 is 1.15 bits per heavy atom. The molecule has 2 aromatic heterocycles. The van der Waals surface area contributed by atoms with E-state index in [2.05, 4.69) is 57.6 Å². The van der Waals surface area contributed by atoms with Crippen molar-refractivity contribution in [3.8, 4) is 17.0 Å². The third-order valence-corrected chi connectivity index (χ3v) is 6.25. The highest BCUT2D eigenvalue weighted by atomic mass is 32.1. The van der Waals surface area contributed by atoms with Crippen molar-refractivity contribution in [2.75, 3.05) is 13.6 Å². The van der Waals surface area contributed by atoms with Crippen molar-refractivity contribution < 1.29 is 5.11 Å². The molecular formula is C22H19N3OS. The van der Waals surface area contributed by atoms with Gasteiger partial charge in [-0.3, -0.25) is 0 Å². The van der Waals surface area contributed by atoms with E-state index in [-0.39, 0.29) is 5.92 Å². The van der Waals surface area contributed by atoms with Gasteiger partial charge in [-0.05, 0) is 59.3 Å². The Balaban J connectivity index is 1.64. The van der Waals surface area contributed by atoms with Crippen molar-refractivity contribution in [1.29, 1.82) is 0 Å². The van der Waals surface area contributed by atoms with E-state index in [0.717, 1.165) is 29.9 Å². The van der Waals surface area contributed by atoms with Crippen molar-refractivity contribution in [1.82, 2.24) is 14.9 Å². The molecular weight excluding hydrogens is 354 g/mol. The van der Waals surface area contributed by atoms with Crippen LogP contribution in [0.4, 0.5) is 0 Å². The van der Waals surface area contributed by atoms with Crippen LogP contribution < -0.4 is 0 Å². The first-order valence-corrected chi connectivity index (χ1v) is 9.85. The lowest BCUT2D eigenvalue weighted by atomic mass is 9.83. The summed E-state index contributed by atoms with van der Waals surface area (Å²) >= 11 is 1.77. The molecule has 0 bridgehead atoms. The molecule has 0 amide bonds. The second-order valence-electron chi connectivity index (χ2n) is 7.09. The highest BCUT2D eigenvalue weighted by molar-refractivity contribution is 7.17. The predicted octanol–water partition coefficient (Wildman–Crippen LogP) is 4.64. The van der Waals surface area contributed by atoms with E-state index in [9.17, 15) is 5.11 Å². The van der Waals surface area contributed by atoms with E-state index in [4.69, 9.17) is 0 Å². The molecule has 4 aromatic rings. The second kappa shape index (κ2) is 6.44. The summed E-state index contributed by atoms with van der Waals surface area (Å²) in [6, 6.07) is 14.9. The molecule has 1 atom stereocenters. The van der Waals surface area contributed by atoms with E-state index in [1.165, 1.54) is 27.5 Å². The predicted molar refractivity (Wildman–Crippen MR) is 109 cm³/mol. The minimum absolute atomic E-state index is 0.244. The van der Waals surface area contributed by atoms with Gasteiger partial charge in [0.15, 0.2) is 0 Å². The van der Waals surface area contributed by atoms with Crippen LogP contribution in [0.15, 0.2) is 60.4 Å². The number of rotatable bonds is 2. The molecule has 3 heterocycles. The number of phenolic OH excluding ortho intramolecular Hbond substituents is 1. The summed E-state index contributed by atoms with van der Waals surface area (Å²) in [5.74, 6) is 0.577. The SMILES string of the molecule is CN1Cc2c(ccc(-c3ccncn3)c2O)C(c2ccc3sccc3c2)C1. The Morgan fingerprint density at radius 2 is 2.07 bits per heavy atom. The zero-order valence-corrected chi connectivity index (χ0v) is 15.8. The van der Waals surface area contributed by atoms with Crippen molar-refractivity contribution in [3.63, 3.8) is 0 Å². The van der Waals surface area contributed by atoms with Crippen LogP contribution in [0.2, 0.25) is 0 Å². The molecule has 0 saturated carbocycles. The maximum absolute atomic E-state index is 11.0. The fourth-order valence-electron chi connectivity index (χ4n) is 4.03. The number of phenols is 1. The highest BCUT2D eigenvalue weighted by Crippen LogP contribution is 2.42. The van der Waals surface area contributed by atoms with E-state index in [1.807, 2.05) is 12.1 Å². The quantitative estimate of drug-likeness (QED) is 0.556. The molecule has 0 spiro atoms. The third kappa shape index (κ3) is 2.80. The number of fused-ring (bicyclic) bond motifs is 2. The second-order valence-corrected chi connectivity index (χ2v) is 8.04. The first kappa shape index (κ1) is 16.4. The van der Waals surface area contributed by atoms with Crippen LogP contribution in [0.5, 0.6) is 5.75 Å². The molecule has 2 aromatic carbocycles. The lowest BCUT2D eigenvalue weighted by Gasteiger charge is -2.33. The first-order chi connectivity index (χ1) is 13.2. The monoisotopic (exact) mass is 373 g/mol. The van der Waals surface area contributed by atoms with Crippen LogP contribution >= 0.6 is 11.3 Å². The molecule has 5 heteroatoms. The summed E-state index contributed by atoms with van der Waals surface area (Å²) in [5.41, 5.74) is 5.00. The molecule has 1 aliphatic heterocycles. The summed E-state index contributed by atoms with van der Waals surface area (Å²) in [7, 11) is 2.11. The van der Waals surface area contributed by atoms with Crippen LogP contribution in [-0.2, 0) is 6.54 Å². The van der Waals surface area contributed by atoms with Crippen LogP contribution in [0.1, 0.15) is 22.6 Å². The number of nitrogens with zero attached hydrogens (tertiary/aromatic N) is 3. The van der Waals surface area contributed by atoms with Gasteiger partial charge in [0.2, 0.25) is 0 Å². The Kier molecular flexibility index (Phi) is 3.92. The highest BCUT2D eigenvalue weighted by Gasteiger charge is 2.28. The maximum Gasteiger partial charge on any atom is 0.129 e. The Bertz CT molecular complexity index is 1120. The van der Waals surface area contributed by atoms with Gasteiger partial charge < -0.3 is 10.0 Å². The molecule has 1 N–H and O–H groups in total. The largest absolute Gasteiger partial charge is 0.507 e. The topological polar surface area (TPSA) is 49.2 Å². The lowest BCUT2D eigenvalue weighted by molar-refractivity contribution is 0.288. The molecule has 27 heavy (non-hydrogen) atoms. The van der Waals surface area contributed by atoms with E-state index < -0.39 is 0 Å². The molecule has 0 radical (unpaired) electrons. The number of hydrogen-bond acceptors (Lipinski definition) is 5. The summed E-state index contributed by atoms with van der Waals surface area (Å²) in [5, 5.41) is 14.4. The van der Waals surface area contributed by atoms with Crippen molar-refractivity contribution in [3.05, 3.63) is 77.1 Å². The summed E-state index contributed by atoms with van der Waals surface area (Å²) in [6.07, 6.45) is 3.21. The van der Waals surface area contributed by atoms with Gasteiger partial charge in [-0.2, -0.15) is 0 Å². The van der Waals surface area contributed by atoms with Crippen LogP contribution in [0, 0.1) is 0 Å². The molecule has 134 valence electrons. The van der Waals surface area contributed by atoms with Gasteiger partial charge >= 0.3 is 0 Å². The number of benzene rings is 2. The molecule has 0 fully saturated rings. The van der Waals surface area contributed by atoms with Crippen molar-refractivity contribution >= 4 is 21.4 Å². The van der Waals surface area contributed by atoms with Gasteiger partial charge in [-0.15, -0.1) is 11.3 Å². The first-order valence-electron chi connectivity index (χ1n) is 8.97. The third-order valence-electron chi connectivity index (χ3n) is 5.35. The van der Waals surface area contributed by atoms with Gasteiger partial charge in [-0.25, -0.2) is 9.97 Å². The molecule has 0 aliphatic carbocycles. The number of aromatic hydroxyl groups is 1. The van der Waals surface area contributed by atoms with E-state index in [1.54, 1.807) is 17.5 Å². The maximum atomic E-state index is 11.0. The minimum Gasteiger partial charge on any atom is -0.507 e. The summed E-state index contributed by atoms with van der Waals surface area (Å²) in [4.78, 5) is 10.5. The molecule has 0 saturated heterocycles. The summed E-state index contributed by atoms with van der Waals surface area (Å²) in [6.45, 7) is 1.67.